The van der Waals surface area contributed by atoms with Gasteiger partial charge in [0.05, 0.1) is 10.6 Å². The highest BCUT2D eigenvalue weighted by atomic mass is 32.2. The zero-order valence-corrected chi connectivity index (χ0v) is 15.4. The Kier molecular flexibility index (Phi) is 4.90. The molecule has 9 heteroatoms. The molecular weight excluding hydrogens is 356 g/mol. The molecular formula is C17H20N4O4S. The summed E-state index contributed by atoms with van der Waals surface area (Å²) in [4.78, 5) is 11.4. The molecule has 1 aliphatic carbocycles. The van der Waals surface area contributed by atoms with Gasteiger partial charge in [-0.25, -0.2) is 13.2 Å². The Bertz CT molecular complexity index is 972. The van der Waals surface area contributed by atoms with E-state index in [0.717, 1.165) is 31.9 Å². The number of carboxylic acid groups (broad SMARTS) is 1. The van der Waals surface area contributed by atoms with Crippen LogP contribution in [0.5, 0.6) is 0 Å². The maximum Gasteiger partial charge on any atom is 0.328 e. The summed E-state index contributed by atoms with van der Waals surface area (Å²) >= 11 is 0. The molecule has 1 heterocycles. The lowest BCUT2D eigenvalue weighted by Crippen LogP contribution is -2.10. The number of nitrogens with zero attached hydrogens (tertiary/aromatic N) is 4. The van der Waals surface area contributed by atoms with Crippen LogP contribution in [0.3, 0.4) is 0 Å². The van der Waals surface area contributed by atoms with Crippen LogP contribution in [-0.2, 0) is 14.6 Å². The predicted molar refractivity (Wildman–Crippen MR) is 94.6 cm³/mol. The SMILES string of the molecule is Cc1nnnn1-c1ccc(/C(=C/C(=O)O)C2CCCC2)cc1S(C)(=O)=O. The number of aliphatic carboxylic acids is 1. The van der Waals surface area contributed by atoms with E-state index >= 15 is 0 Å². The highest BCUT2D eigenvalue weighted by Gasteiger charge is 2.24. The molecule has 1 aliphatic rings. The first kappa shape index (κ1) is 18.2. The summed E-state index contributed by atoms with van der Waals surface area (Å²) in [5, 5.41) is 20.4. The van der Waals surface area contributed by atoms with E-state index < -0.39 is 15.8 Å². The van der Waals surface area contributed by atoms with Crippen LogP contribution >= 0.6 is 0 Å². The van der Waals surface area contributed by atoms with Crippen molar-refractivity contribution in [2.75, 3.05) is 6.26 Å². The molecule has 3 rings (SSSR count). The minimum atomic E-state index is -3.58. The van der Waals surface area contributed by atoms with Crippen LogP contribution < -0.4 is 0 Å². The maximum absolute atomic E-state index is 12.4. The Balaban J connectivity index is 2.17. The van der Waals surface area contributed by atoms with Crippen LogP contribution in [0, 0.1) is 12.8 Å². The second kappa shape index (κ2) is 6.99. The maximum atomic E-state index is 12.4. The van der Waals surface area contributed by atoms with Gasteiger partial charge in [0, 0.05) is 12.3 Å². The van der Waals surface area contributed by atoms with Gasteiger partial charge in [-0.15, -0.1) is 5.10 Å². The van der Waals surface area contributed by atoms with Gasteiger partial charge in [-0.1, -0.05) is 18.9 Å². The number of tetrazole rings is 1. The van der Waals surface area contributed by atoms with Crippen molar-refractivity contribution in [2.45, 2.75) is 37.5 Å². The smallest absolute Gasteiger partial charge is 0.328 e. The average Bonchev–Trinajstić information content (AvgIpc) is 3.22. The van der Waals surface area contributed by atoms with Crippen LogP contribution in [0.4, 0.5) is 0 Å². The molecule has 1 N–H and O–H groups in total. The van der Waals surface area contributed by atoms with Crippen molar-refractivity contribution in [1.29, 1.82) is 0 Å². The molecule has 0 amide bonds. The van der Waals surface area contributed by atoms with Crippen molar-refractivity contribution < 1.29 is 18.3 Å². The van der Waals surface area contributed by atoms with E-state index in [-0.39, 0.29) is 10.8 Å². The van der Waals surface area contributed by atoms with E-state index in [1.54, 1.807) is 19.1 Å². The van der Waals surface area contributed by atoms with Gasteiger partial charge in [0.2, 0.25) is 0 Å². The molecule has 1 fully saturated rings. The highest BCUT2D eigenvalue weighted by molar-refractivity contribution is 7.90. The number of benzene rings is 1. The first-order chi connectivity index (χ1) is 12.3. The minimum absolute atomic E-state index is 0.0692. The number of carboxylic acids is 1. The van der Waals surface area contributed by atoms with Crippen LogP contribution in [0.1, 0.15) is 37.1 Å². The monoisotopic (exact) mass is 376 g/mol. The summed E-state index contributed by atoms with van der Waals surface area (Å²) in [6, 6.07) is 4.89. The normalized spacial score (nSPS) is 16.2. The molecule has 1 aromatic heterocycles. The summed E-state index contributed by atoms with van der Waals surface area (Å²) < 4.78 is 26.1. The summed E-state index contributed by atoms with van der Waals surface area (Å²) in [5.74, 6) is -0.452. The number of aryl methyl sites for hydroxylation is 1. The fraction of sp³-hybridized carbons (Fsp3) is 0.412. The third-order valence-corrected chi connectivity index (χ3v) is 5.75. The van der Waals surface area contributed by atoms with Crippen LogP contribution in [0.15, 0.2) is 29.2 Å². The van der Waals surface area contributed by atoms with Gasteiger partial charge in [-0.2, -0.15) is 4.68 Å². The Morgan fingerprint density at radius 1 is 1.31 bits per heavy atom. The lowest BCUT2D eigenvalue weighted by Gasteiger charge is -2.17. The van der Waals surface area contributed by atoms with Crippen LogP contribution in [-0.4, -0.2) is 46.0 Å². The summed E-state index contributed by atoms with van der Waals surface area (Å²) in [6.45, 7) is 1.67. The minimum Gasteiger partial charge on any atom is -0.478 e. The summed E-state index contributed by atoms with van der Waals surface area (Å²) in [7, 11) is -3.58. The molecule has 0 spiro atoms. The Labute approximate surface area is 151 Å². The van der Waals surface area contributed by atoms with Crippen LogP contribution in [0.25, 0.3) is 11.3 Å². The Hall–Kier alpha value is -2.55. The van der Waals surface area contributed by atoms with Crippen molar-refractivity contribution in [1.82, 2.24) is 20.2 Å². The van der Waals surface area contributed by atoms with Crippen molar-refractivity contribution in [3.05, 3.63) is 35.7 Å². The molecule has 0 unspecified atom stereocenters. The third kappa shape index (κ3) is 3.67. The number of aromatic nitrogens is 4. The van der Waals surface area contributed by atoms with E-state index in [1.807, 2.05) is 0 Å². The third-order valence-electron chi connectivity index (χ3n) is 4.62. The van der Waals surface area contributed by atoms with Gasteiger partial charge in [-0.3, -0.25) is 0 Å². The molecule has 2 aromatic rings. The number of hydrogen-bond donors (Lipinski definition) is 1. The van der Waals surface area contributed by atoms with E-state index in [1.165, 1.54) is 16.8 Å². The van der Waals surface area contributed by atoms with Crippen molar-refractivity contribution >= 4 is 21.4 Å². The Morgan fingerprint density at radius 2 is 2.00 bits per heavy atom. The number of rotatable bonds is 5. The Morgan fingerprint density at radius 3 is 2.54 bits per heavy atom. The summed E-state index contributed by atoms with van der Waals surface area (Å²) in [5.41, 5.74) is 1.62. The van der Waals surface area contributed by atoms with Crippen molar-refractivity contribution in [2.24, 2.45) is 5.92 Å². The number of carbonyl (C=O) groups is 1. The molecule has 8 nitrogen and oxygen atoms in total. The van der Waals surface area contributed by atoms with Gasteiger partial charge >= 0.3 is 5.97 Å². The lowest BCUT2D eigenvalue weighted by molar-refractivity contribution is -0.131. The van der Waals surface area contributed by atoms with Gasteiger partial charge in [0.25, 0.3) is 0 Å². The molecule has 0 saturated heterocycles. The molecule has 1 aromatic carbocycles. The predicted octanol–water partition coefficient (Wildman–Crippen LogP) is 2.03. The lowest BCUT2D eigenvalue weighted by atomic mass is 9.90. The van der Waals surface area contributed by atoms with E-state index in [0.29, 0.717) is 22.6 Å². The zero-order valence-electron chi connectivity index (χ0n) is 14.6. The standard InChI is InChI=1S/C17H20N4O4S/c1-11-18-19-20-21(11)15-8-7-13(9-16(15)26(2,24)25)14(10-17(22)23)12-5-3-4-6-12/h7-10,12H,3-6H2,1-2H3,(H,22,23)/b14-10+. The fourth-order valence-electron chi connectivity index (χ4n) is 3.43. The molecule has 0 bridgehead atoms. The quantitative estimate of drug-likeness (QED) is 0.794. The average molecular weight is 376 g/mol. The molecule has 138 valence electrons. The molecule has 26 heavy (non-hydrogen) atoms. The second-order valence-electron chi connectivity index (χ2n) is 6.51. The fourth-order valence-corrected chi connectivity index (χ4v) is 4.30. The number of sulfone groups is 1. The van der Waals surface area contributed by atoms with E-state index in [4.69, 9.17) is 0 Å². The van der Waals surface area contributed by atoms with Gasteiger partial charge in [0.15, 0.2) is 15.7 Å². The number of allylic oxidation sites excluding steroid dienone is 1. The van der Waals surface area contributed by atoms with Gasteiger partial charge in [-0.05, 0) is 59.4 Å². The van der Waals surface area contributed by atoms with Crippen molar-refractivity contribution in [3.63, 3.8) is 0 Å². The first-order valence-electron chi connectivity index (χ1n) is 8.31. The first-order valence-corrected chi connectivity index (χ1v) is 10.2. The highest BCUT2D eigenvalue weighted by Crippen LogP contribution is 2.38. The molecule has 0 atom stereocenters. The zero-order chi connectivity index (χ0) is 18.9. The van der Waals surface area contributed by atoms with E-state index in [9.17, 15) is 18.3 Å². The van der Waals surface area contributed by atoms with E-state index in [2.05, 4.69) is 15.5 Å². The van der Waals surface area contributed by atoms with Gasteiger partial charge in [0.1, 0.15) is 0 Å². The van der Waals surface area contributed by atoms with Crippen molar-refractivity contribution in [3.8, 4) is 5.69 Å². The largest absolute Gasteiger partial charge is 0.478 e. The van der Waals surface area contributed by atoms with Crippen LogP contribution in [0.2, 0.25) is 0 Å². The topological polar surface area (TPSA) is 115 Å². The number of hydrogen-bond acceptors (Lipinski definition) is 6. The molecule has 0 aliphatic heterocycles. The molecule has 0 radical (unpaired) electrons. The van der Waals surface area contributed by atoms with Gasteiger partial charge < -0.3 is 5.11 Å². The summed E-state index contributed by atoms with van der Waals surface area (Å²) in [6.07, 6.45) is 6.21. The second-order valence-corrected chi connectivity index (χ2v) is 8.50. The molecule has 1 saturated carbocycles.